The summed E-state index contributed by atoms with van der Waals surface area (Å²) in [4.78, 5) is 13.4. The molecule has 1 aromatic carbocycles. The first-order valence-electron chi connectivity index (χ1n) is 7.14. The van der Waals surface area contributed by atoms with Gasteiger partial charge < -0.3 is 10.2 Å². The standard InChI is InChI=1S/C15H15ClF2N4O/c1-21-15(23)13(16)12(7-19-21)20-9-5-6-22(8-9)14-10(17)3-2-4-11(14)18/h2-4,7,9,20H,5-6,8H2,1H3/t9-/m0/s1. The Morgan fingerprint density at radius 3 is 2.74 bits per heavy atom. The fraction of sp³-hybridized carbons (Fsp3) is 0.333. The van der Waals surface area contributed by atoms with Crippen molar-refractivity contribution in [3.63, 3.8) is 0 Å². The van der Waals surface area contributed by atoms with Crippen molar-refractivity contribution >= 4 is 23.0 Å². The van der Waals surface area contributed by atoms with Crippen LogP contribution < -0.4 is 15.8 Å². The monoisotopic (exact) mass is 340 g/mol. The van der Waals surface area contributed by atoms with Gasteiger partial charge in [-0.2, -0.15) is 5.10 Å². The largest absolute Gasteiger partial charge is 0.378 e. The lowest BCUT2D eigenvalue weighted by Crippen LogP contribution is -2.29. The second-order valence-corrected chi connectivity index (χ2v) is 5.83. The van der Waals surface area contributed by atoms with Crippen LogP contribution in [-0.4, -0.2) is 28.9 Å². The van der Waals surface area contributed by atoms with E-state index in [-0.39, 0.29) is 16.8 Å². The number of nitrogens with one attached hydrogen (secondary N) is 1. The van der Waals surface area contributed by atoms with Gasteiger partial charge in [0.2, 0.25) is 0 Å². The van der Waals surface area contributed by atoms with Crippen LogP contribution in [0.5, 0.6) is 0 Å². The molecule has 5 nitrogen and oxygen atoms in total. The van der Waals surface area contributed by atoms with Crippen molar-refractivity contribution in [1.29, 1.82) is 0 Å². The van der Waals surface area contributed by atoms with Crippen LogP contribution in [0.3, 0.4) is 0 Å². The highest BCUT2D eigenvalue weighted by Gasteiger charge is 2.27. The number of hydrogen-bond donors (Lipinski definition) is 1. The van der Waals surface area contributed by atoms with Gasteiger partial charge in [-0.05, 0) is 18.6 Å². The lowest BCUT2D eigenvalue weighted by atomic mass is 10.2. The number of hydrogen-bond acceptors (Lipinski definition) is 4. The fourth-order valence-corrected chi connectivity index (χ4v) is 2.93. The second kappa shape index (κ2) is 6.16. The Labute approximate surface area is 136 Å². The van der Waals surface area contributed by atoms with Crippen LogP contribution in [0.2, 0.25) is 5.02 Å². The van der Waals surface area contributed by atoms with E-state index in [1.807, 2.05) is 0 Å². The summed E-state index contributed by atoms with van der Waals surface area (Å²) in [5, 5.41) is 7.09. The van der Waals surface area contributed by atoms with Crippen molar-refractivity contribution < 1.29 is 8.78 Å². The van der Waals surface area contributed by atoms with Crippen molar-refractivity contribution in [2.75, 3.05) is 23.3 Å². The van der Waals surface area contributed by atoms with Crippen LogP contribution in [0, 0.1) is 11.6 Å². The summed E-state index contributed by atoms with van der Waals surface area (Å²) in [7, 11) is 1.51. The zero-order valence-electron chi connectivity index (χ0n) is 12.4. The first-order chi connectivity index (χ1) is 11.0. The Balaban J connectivity index is 1.76. The summed E-state index contributed by atoms with van der Waals surface area (Å²) in [5.74, 6) is -1.17. The van der Waals surface area contributed by atoms with Gasteiger partial charge >= 0.3 is 0 Å². The van der Waals surface area contributed by atoms with Crippen LogP contribution in [0.4, 0.5) is 20.2 Å². The number of aromatic nitrogens is 2. The Kier molecular flexibility index (Phi) is 4.21. The summed E-state index contributed by atoms with van der Waals surface area (Å²) in [6.45, 7) is 0.912. The predicted molar refractivity (Wildman–Crippen MR) is 85.1 cm³/mol. The SMILES string of the molecule is Cn1ncc(N[C@H]2CCN(c3c(F)cccc3F)C2)c(Cl)c1=O. The van der Waals surface area contributed by atoms with E-state index in [4.69, 9.17) is 11.6 Å². The molecule has 23 heavy (non-hydrogen) atoms. The molecule has 0 spiro atoms. The third-order valence-corrected chi connectivity index (χ3v) is 4.25. The van der Waals surface area contributed by atoms with Crippen molar-refractivity contribution in [1.82, 2.24) is 9.78 Å². The van der Waals surface area contributed by atoms with Crippen molar-refractivity contribution in [3.05, 3.63) is 51.4 Å². The van der Waals surface area contributed by atoms with Crippen molar-refractivity contribution in [3.8, 4) is 0 Å². The minimum Gasteiger partial charge on any atom is -0.378 e. The molecule has 1 N–H and O–H groups in total. The van der Waals surface area contributed by atoms with E-state index < -0.39 is 17.2 Å². The second-order valence-electron chi connectivity index (χ2n) is 5.45. The minimum atomic E-state index is -0.584. The van der Waals surface area contributed by atoms with E-state index in [1.165, 1.54) is 31.4 Å². The maximum atomic E-state index is 13.8. The average Bonchev–Trinajstić information content (AvgIpc) is 2.96. The first-order valence-corrected chi connectivity index (χ1v) is 7.52. The number of rotatable bonds is 3. The van der Waals surface area contributed by atoms with E-state index in [2.05, 4.69) is 10.4 Å². The molecule has 0 amide bonds. The zero-order chi connectivity index (χ0) is 16.6. The molecular formula is C15H15ClF2N4O. The van der Waals surface area contributed by atoms with Crippen LogP contribution in [-0.2, 0) is 7.05 Å². The van der Waals surface area contributed by atoms with Gasteiger partial charge in [-0.1, -0.05) is 17.7 Å². The summed E-state index contributed by atoms with van der Waals surface area (Å²) >= 11 is 6.01. The molecule has 0 unspecified atom stereocenters. The van der Waals surface area contributed by atoms with Gasteiger partial charge in [0.25, 0.3) is 5.56 Å². The Morgan fingerprint density at radius 2 is 2.04 bits per heavy atom. The van der Waals surface area contributed by atoms with Crippen LogP contribution >= 0.6 is 11.6 Å². The van der Waals surface area contributed by atoms with Gasteiger partial charge in [0.05, 0.1) is 11.9 Å². The van der Waals surface area contributed by atoms with E-state index in [0.29, 0.717) is 25.2 Å². The van der Waals surface area contributed by atoms with E-state index in [9.17, 15) is 13.6 Å². The molecule has 0 saturated carbocycles. The summed E-state index contributed by atoms with van der Waals surface area (Å²) in [6.07, 6.45) is 2.13. The summed E-state index contributed by atoms with van der Waals surface area (Å²) < 4.78 is 28.8. The molecule has 8 heteroatoms. The molecule has 1 saturated heterocycles. The van der Waals surface area contributed by atoms with Crippen molar-refractivity contribution in [2.45, 2.75) is 12.5 Å². The van der Waals surface area contributed by atoms with Crippen LogP contribution in [0.1, 0.15) is 6.42 Å². The van der Waals surface area contributed by atoms with Crippen LogP contribution in [0.15, 0.2) is 29.2 Å². The number of anilines is 2. The molecule has 1 aliphatic heterocycles. The Morgan fingerprint density at radius 1 is 1.35 bits per heavy atom. The molecule has 2 aromatic rings. The molecule has 1 fully saturated rings. The highest BCUT2D eigenvalue weighted by Crippen LogP contribution is 2.28. The predicted octanol–water partition coefficient (Wildman–Crippen LogP) is 2.40. The third kappa shape index (κ3) is 3.01. The number of aryl methyl sites for hydroxylation is 1. The lowest BCUT2D eigenvalue weighted by Gasteiger charge is -2.20. The molecular weight excluding hydrogens is 326 g/mol. The van der Waals surface area contributed by atoms with Gasteiger partial charge in [-0.15, -0.1) is 0 Å². The van der Waals surface area contributed by atoms with E-state index in [0.717, 1.165) is 4.68 Å². The molecule has 1 aromatic heterocycles. The van der Waals surface area contributed by atoms with Gasteiger partial charge in [-0.3, -0.25) is 4.79 Å². The van der Waals surface area contributed by atoms with Gasteiger partial charge in [0.1, 0.15) is 22.3 Å². The highest BCUT2D eigenvalue weighted by molar-refractivity contribution is 6.32. The van der Waals surface area contributed by atoms with Gasteiger partial charge in [0, 0.05) is 26.2 Å². The molecule has 0 aliphatic carbocycles. The molecule has 122 valence electrons. The van der Waals surface area contributed by atoms with Crippen molar-refractivity contribution in [2.24, 2.45) is 7.05 Å². The number of halogens is 3. The molecule has 1 atom stereocenters. The molecule has 2 heterocycles. The Hall–Kier alpha value is -2.15. The van der Waals surface area contributed by atoms with E-state index >= 15 is 0 Å². The maximum absolute atomic E-state index is 13.8. The first kappa shape index (κ1) is 15.7. The number of para-hydroxylation sites is 1. The Bertz CT molecular complexity index is 775. The topological polar surface area (TPSA) is 50.2 Å². The third-order valence-electron chi connectivity index (χ3n) is 3.88. The molecule has 0 bridgehead atoms. The highest BCUT2D eigenvalue weighted by atomic mass is 35.5. The quantitative estimate of drug-likeness (QED) is 0.932. The molecule has 1 aliphatic rings. The molecule has 3 rings (SSSR count). The average molecular weight is 341 g/mol. The van der Waals surface area contributed by atoms with Gasteiger partial charge in [0.15, 0.2) is 0 Å². The van der Waals surface area contributed by atoms with Crippen LogP contribution in [0.25, 0.3) is 0 Å². The summed E-state index contributed by atoms with van der Waals surface area (Å²) in [6, 6.07) is 3.73. The number of nitrogens with zero attached hydrogens (tertiary/aromatic N) is 3. The van der Waals surface area contributed by atoms with E-state index in [1.54, 1.807) is 4.90 Å². The van der Waals surface area contributed by atoms with Gasteiger partial charge in [-0.25, -0.2) is 13.5 Å². The minimum absolute atomic E-state index is 0.0232. The lowest BCUT2D eigenvalue weighted by molar-refractivity contribution is 0.577. The summed E-state index contributed by atoms with van der Waals surface area (Å²) in [5.41, 5.74) is 0.00675. The number of benzene rings is 1. The zero-order valence-corrected chi connectivity index (χ0v) is 13.1. The fourth-order valence-electron chi connectivity index (χ4n) is 2.70. The maximum Gasteiger partial charge on any atom is 0.287 e. The molecule has 0 radical (unpaired) electrons. The smallest absolute Gasteiger partial charge is 0.287 e. The normalized spacial score (nSPS) is 17.6.